The average Bonchev–Trinajstić information content (AvgIpc) is 3.42. The van der Waals surface area contributed by atoms with Crippen LogP contribution in [0.3, 0.4) is 0 Å². The zero-order valence-corrected chi connectivity index (χ0v) is 14.6. The average molecular weight is 335 g/mol. The van der Waals surface area contributed by atoms with Gasteiger partial charge >= 0.3 is 0 Å². The van der Waals surface area contributed by atoms with Crippen molar-refractivity contribution >= 4 is 11.0 Å². The number of aromatic amines is 1. The number of H-pyrrole nitrogens is 1. The summed E-state index contributed by atoms with van der Waals surface area (Å²) in [4.78, 5) is 8.57. The topological polar surface area (TPSA) is 88.1 Å². The Bertz CT molecular complexity index is 895. The molecule has 4 rings (SSSR count). The predicted octanol–water partition coefficient (Wildman–Crippen LogP) is 3.13. The molecule has 0 aliphatic rings. The highest BCUT2D eigenvalue weighted by atomic mass is 15.1. The summed E-state index contributed by atoms with van der Waals surface area (Å²) in [6, 6.07) is 9.51. The minimum atomic E-state index is 0.634. The minimum absolute atomic E-state index is 0.634. The van der Waals surface area contributed by atoms with Gasteiger partial charge in [0.25, 0.3) is 0 Å². The van der Waals surface area contributed by atoms with Gasteiger partial charge in [-0.3, -0.25) is 5.10 Å². The van der Waals surface area contributed by atoms with Gasteiger partial charge in [-0.05, 0) is 24.3 Å². The van der Waals surface area contributed by atoms with E-state index in [9.17, 15) is 0 Å². The van der Waals surface area contributed by atoms with E-state index in [-0.39, 0.29) is 0 Å². The Morgan fingerprint density at radius 3 is 2.64 bits per heavy atom. The van der Waals surface area contributed by atoms with Gasteiger partial charge in [0.1, 0.15) is 5.82 Å². The zero-order valence-electron chi connectivity index (χ0n) is 14.6. The summed E-state index contributed by atoms with van der Waals surface area (Å²) in [6.45, 7) is 4.67. The van der Waals surface area contributed by atoms with Gasteiger partial charge < -0.3 is 9.13 Å². The number of hydrogen-bond donors (Lipinski definition) is 1. The fourth-order valence-corrected chi connectivity index (χ4v) is 2.22. The number of hydrogen-bond acceptors (Lipinski definition) is 4. The summed E-state index contributed by atoms with van der Waals surface area (Å²) < 4.78 is 4.00. The van der Waals surface area contributed by atoms with E-state index in [1.54, 1.807) is 24.9 Å². The number of fused-ring (bicyclic) bond motifs is 1. The molecular formula is C18H21N7. The molecule has 0 saturated carbocycles. The van der Waals surface area contributed by atoms with Crippen LogP contribution in [0, 0.1) is 11.3 Å². The normalized spacial score (nSPS) is 9.52. The molecule has 0 amide bonds. The van der Waals surface area contributed by atoms with Crippen molar-refractivity contribution < 1.29 is 0 Å². The summed E-state index contributed by atoms with van der Waals surface area (Å²) in [5.41, 5.74) is 2.52. The molecule has 0 fully saturated rings. The summed E-state index contributed by atoms with van der Waals surface area (Å²) in [5.74, 6) is 0.943. The Hall–Kier alpha value is -3.40. The van der Waals surface area contributed by atoms with Crippen LogP contribution >= 0.6 is 0 Å². The van der Waals surface area contributed by atoms with Crippen molar-refractivity contribution in [2.45, 2.75) is 20.4 Å². The predicted molar refractivity (Wildman–Crippen MR) is 96.7 cm³/mol. The molecule has 0 saturated heterocycles. The molecule has 0 aliphatic carbocycles. The van der Waals surface area contributed by atoms with E-state index in [1.807, 2.05) is 60.5 Å². The highest BCUT2D eigenvalue weighted by Gasteiger charge is 2.08. The number of aromatic nitrogens is 6. The molecule has 0 bridgehead atoms. The number of nitriles is 1. The maximum absolute atomic E-state index is 8.88. The van der Waals surface area contributed by atoms with E-state index < -0.39 is 0 Å². The van der Waals surface area contributed by atoms with Crippen molar-refractivity contribution in [1.82, 2.24) is 29.3 Å². The molecule has 7 heteroatoms. The molecule has 7 nitrogen and oxygen atoms in total. The lowest BCUT2D eigenvalue weighted by Crippen LogP contribution is -2.03. The van der Waals surface area contributed by atoms with Crippen LogP contribution in [-0.4, -0.2) is 29.3 Å². The Balaban J connectivity index is 0.000000273. The quantitative estimate of drug-likeness (QED) is 0.609. The number of nitrogens with zero attached hydrogens (tertiary/aromatic N) is 6. The van der Waals surface area contributed by atoms with Crippen LogP contribution in [0.2, 0.25) is 0 Å². The first-order valence-electron chi connectivity index (χ1n) is 8.03. The molecule has 0 radical (unpaired) electrons. The van der Waals surface area contributed by atoms with Crippen LogP contribution in [0.5, 0.6) is 0 Å². The van der Waals surface area contributed by atoms with Gasteiger partial charge in [0.05, 0.1) is 35.5 Å². The first-order valence-corrected chi connectivity index (χ1v) is 8.03. The lowest BCUT2D eigenvalue weighted by Gasteiger charge is -2.02. The van der Waals surface area contributed by atoms with Crippen molar-refractivity contribution in [2.24, 2.45) is 7.05 Å². The number of benzene rings is 1. The highest BCUT2D eigenvalue weighted by molar-refractivity contribution is 5.77. The molecule has 0 aliphatic heterocycles. The molecule has 3 aromatic heterocycles. The monoisotopic (exact) mass is 335 g/mol. The van der Waals surface area contributed by atoms with Crippen LogP contribution in [-0.2, 0) is 13.6 Å². The Morgan fingerprint density at radius 1 is 1.24 bits per heavy atom. The van der Waals surface area contributed by atoms with Crippen molar-refractivity contribution in [1.29, 1.82) is 5.26 Å². The van der Waals surface area contributed by atoms with E-state index in [0.717, 1.165) is 16.9 Å². The third-order valence-electron chi connectivity index (χ3n) is 3.39. The molecule has 25 heavy (non-hydrogen) atoms. The fourth-order valence-electron chi connectivity index (χ4n) is 2.22. The van der Waals surface area contributed by atoms with Gasteiger partial charge in [0.2, 0.25) is 0 Å². The van der Waals surface area contributed by atoms with Gasteiger partial charge in [-0.2, -0.15) is 10.4 Å². The molecule has 1 aromatic carbocycles. The van der Waals surface area contributed by atoms with Crippen molar-refractivity contribution in [3.63, 3.8) is 0 Å². The smallest absolute Gasteiger partial charge is 0.129 e. The van der Waals surface area contributed by atoms with E-state index in [4.69, 9.17) is 5.26 Å². The molecule has 4 aromatic rings. The van der Waals surface area contributed by atoms with Crippen molar-refractivity contribution in [3.8, 4) is 6.07 Å². The summed E-state index contributed by atoms with van der Waals surface area (Å²) in [7, 11) is 1.98. The second-order valence-electron chi connectivity index (χ2n) is 4.90. The molecule has 128 valence electrons. The Morgan fingerprint density at radius 2 is 2.08 bits per heavy atom. The third kappa shape index (κ3) is 4.54. The molecule has 1 N–H and O–H groups in total. The standard InChI is InChI=1S/C13H11N5.C3H4N2.C2H6/c1-17-12-3-2-10(7-14)6-11(12)16-13(17)8-18-5-4-15-9-18;1-2-4-5-3-1;1-2/h2-6,9H,8H2,1H3;1-3H,(H,4,5);1-2H3. The number of nitrogens with one attached hydrogen (secondary N) is 1. The van der Waals surface area contributed by atoms with Crippen LogP contribution < -0.4 is 0 Å². The maximum atomic E-state index is 8.88. The van der Waals surface area contributed by atoms with Gasteiger partial charge in [0.15, 0.2) is 0 Å². The minimum Gasteiger partial charge on any atom is -0.330 e. The van der Waals surface area contributed by atoms with Gasteiger partial charge in [-0.1, -0.05) is 13.8 Å². The SMILES string of the molecule is CC.Cn1c(Cn2ccnc2)nc2cc(C#N)ccc21.c1cn[nH]c1. The summed E-state index contributed by atoms with van der Waals surface area (Å²) in [6.07, 6.45) is 8.87. The van der Waals surface area contributed by atoms with E-state index in [2.05, 4.69) is 26.2 Å². The molecular weight excluding hydrogens is 314 g/mol. The Labute approximate surface area is 146 Å². The van der Waals surface area contributed by atoms with Crippen molar-refractivity contribution in [2.75, 3.05) is 0 Å². The van der Waals surface area contributed by atoms with Crippen LogP contribution in [0.15, 0.2) is 55.4 Å². The van der Waals surface area contributed by atoms with E-state index >= 15 is 0 Å². The van der Waals surface area contributed by atoms with Crippen LogP contribution in [0.25, 0.3) is 11.0 Å². The summed E-state index contributed by atoms with van der Waals surface area (Å²) in [5, 5.41) is 15.1. The van der Waals surface area contributed by atoms with E-state index in [0.29, 0.717) is 12.1 Å². The zero-order chi connectivity index (χ0) is 18.1. The Kier molecular flexibility index (Phi) is 6.48. The maximum Gasteiger partial charge on any atom is 0.129 e. The van der Waals surface area contributed by atoms with Crippen molar-refractivity contribution in [3.05, 3.63) is 66.8 Å². The van der Waals surface area contributed by atoms with Gasteiger partial charge in [0, 0.05) is 31.8 Å². The lowest BCUT2D eigenvalue weighted by atomic mass is 10.2. The molecule has 0 atom stereocenters. The second kappa shape index (κ2) is 9.03. The van der Waals surface area contributed by atoms with Gasteiger partial charge in [-0.15, -0.1) is 0 Å². The highest BCUT2D eigenvalue weighted by Crippen LogP contribution is 2.17. The molecule has 0 spiro atoms. The largest absolute Gasteiger partial charge is 0.330 e. The number of rotatable bonds is 2. The van der Waals surface area contributed by atoms with E-state index in [1.165, 1.54) is 0 Å². The first kappa shape index (κ1) is 17.9. The van der Waals surface area contributed by atoms with Crippen LogP contribution in [0.1, 0.15) is 25.2 Å². The third-order valence-corrected chi connectivity index (χ3v) is 3.39. The van der Waals surface area contributed by atoms with Crippen LogP contribution in [0.4, 0.5) is 0 Å². The number of imidazole rings is 2. The lowest BCUT2D eigenvalue weighted by molar-refractivity contribution is 0.707. The molecule has 3 heterocycles. The summed E-state index contributed by atoms with van der Waals surface area (Å²) >= 11 is 0. The second-order valence-corrected chi connectivity index (χ2v) is 4.90. The number of aryl methyl sites for hydroxylation is 1. The molecule has 0 unspecified atom stereocenters. The first-order chi connectivity index (χ1) is 12.3. The fraction of sp³-hybridized carbons (Fsp3) is 0.222. The van der Waals surface area contributed by atoms with Gasteiger partial charge in [-0.25, -0.2) is 9.97 Å².